The molecule has 22 nitrogen and oxygen atoms in total. The van der Waals surface area contributed by atoms with Crippen LogP contribution in [0.15, 0.2) is 11.6 Å². The van der Waals surface area contributed by atoms with Gasteiger partial charge in [-0.2, -0.15) is 0 Å². The van der Waals surface area contributed by atoms with Crippen molar-refractivity contribution >= 4 is 6.29 Å². The molecule has 0 spiro atoms. The Labute approximate surface area is 431 Å². The Morgan fingerprint density at radius 2 is 1.23 bits per heavy atom. The lowest BCUT2D eigenvalue weighted by Crippen LogP contribution is -2.68. The minimum absolute atomic E-state index is 0.0931. The zero-order valence-electron chi connectivity index (χ0n) is 43.3. The number of carbonyl (C=O) groups excluding carboxylic acids is 1. The maximum atomic E-state index is 12.5. The molecule has 4 saturated heterocycles. The average Bonchev–Trinajstić information content (AvgIpc) is 3.36. The molecule has 4 aliphatic heterocycles. The van der Waals surface area contributed by atoms with Gasteiger partial charge in [-0.1, -0.05) is 53.2 Å². The summed E-state index contributed by atoms with van der Waals surface area (Å²) < 4.78 is 48.6. The number of allylic oxidation sites excluding steroid dienone is 2. The number of aliphatic hydroxyl groups is 13. The van der Waals surface area contributed by atoms with Gasteiger partial charge in [-0.15, -0.1) is 0 Å². The van der Waals surface area contributed by atoms with Crippen LogP contribution in [-0.2, 0) is 42.7 Å². The predicted molar refractivity (Wildman–Crippen MR) is 252 cm³/mol. The van der Waals surface area contributed by atoms with Crippen molar-refractivity contribution in [3.63, 3.8) is 0 Å². The number of fused-ring (bicyclic) bond motifs is 7. The van der Waals surface area contributed by atoms with Gasteiger partial charge in [0.25, 0.3) is 0 Å². The topological polar surface area (TPSA) is 354 Å². The Balaban J connectivity index is 0.972. The zero-order valence-corrected chi connectivity index (χ0v) is 43.3. The molecule has 0 aromatic carbocycles. The van der Waals surface area contributed by atoms with E-state index in [0.29, 0.717) is 32.1 Å². The second-order valence-corrected chi connectivity index (χ2v) is 25.1. The molecule has 22 heteroatoms. The molecule has 9 rings (SSSR count). The van der Waals surface area contributed by atoms with E-state index in [1.165, 1.54) is 5.57 Å². The van der Waals surface area contributed by atoms with E-state index in [0.717, 1.165) is 32.0 Å². The summed E-state index contributed by atoms with van der Waals surface area (Å²) in [7, 11) is 0. The Kier molecular flexibility index (Phi) is 16.2. The summed E-state index contributed by atoms with van der Waals surface area (Å²) in [5.41, 5.74) is -1.42. The number of aldehydes is 1. The molecule has 0 aromatic rings. The molecule has 0 aromatic heterocycles. The van der Waals surface area contributed by atoms with Crippen LogP contribution < -0.4 is 0 Å². The van der Waals surface area contributed by atoms with Gasteiger partial charge >= 0.3 is 0 Å². The summed E-state index contributed by atoms with van der Waals surface area (Å²) in [4.78, 5) is 12.5. The van der Waals surface area contributed by atoms with Crippen molar-refractivity contribution in [2.45, 2.75) is 222 Å². The molecular formula is C52H84O22. The summed E-state index contributed by atoms with van der Waals surface area (Å²) in [5, 5.41) is 141. The quantitative estimate of drug-likeness (QED) is 0.0564. The highest BCUT2D eigenvalue weighted by atomic mass is 16.8. The van der Waals surface area contributed by atoms with Crippen LogP contribution >= 0.6 is 0 Å². The summed E-state index contributed by atoms with van der Waals surface area (Å²) in [5.74, 6) is 0.145. The van der Waals surface area contributed by atoms with Crippen molar-refractivity contribution < 1.29 is 109 Å². The normalized spacial score (nSPS) is 55.4. The molecule has 4 saturated carbocycles. The molecule has 4 heterocycles. The number of rotatable bonds is 12. The highest BCUT2D eigenvalue weighted by Gasteiger charge is 2.70. The van der Waals surface area contributed by atoms with E-state index in [2.05, 4.69) is 40.7 Å². The third kappa shape index (κ3) is 9.12. The van der Waals surface area contributed by atoms with E-state index in [1.807, 2.05) is 6.92 Å². The SMILES string of the molecule is CC1(C=O)CCC2(CO)C(O)CC3(C)C(=CCC4C5(C)CCC(OC6OCC(OC7OC(CO)C(O)C(O)C7OC7OCC(O)C(O)C7O)C(O)C6OC6OC(CO)C(O)C(O)C6O)C(C)(C)C5CCC43C)C2C1. The molecule has 74 heavy (non-hydrogen) atoms. The summed E-state index contributed by atoms with van der Waals surface area (Å²) in [6, 6.07) is 0. The largest absolute Gasteiger partial charge is 0.396 e. The van der Waals surface area contributed by atoms with Crippen LogP contribution in [0.3, 0.4) is 0 Å². The Morgan fingerprint density at radius 3 is 1.89 bits per heavy atom. The molecule has 8 fully saturated rings. The van der Waals surface area contributed by atoms with Gasteiger partial charge in [0, 0.05) is 10.8 Å². The molecule has 424 valence electrons. The van der Waals surface area contributed by atoms with Gasteiger partial charge in [0.1, 0.15) is 91.7 Å². The lowest BCUT2D eigenvalue weighted by atomic mass is 9.33. The fourth-order valence-electron chi connectivity index (χ4n) is 16.1. The van der Waals surface area contributed by atoms with Gasteiger partial charge in [-0.25, -0.2) is 0 Å². The average molecular weight is 1060 g/mol. The standard InChI is InChI=1S/C52H84O22/c1-47(2)29-9-12-50(5)30(8-7-23-24-15-48(3,21-55)13-14-52(24,22-56)31(58)16-51(23,50)6)49(29,4)11-10-32(47)72-45-41(74-44-40(66)37(63)34(60)26(17-53)69-44)36(62)28(20-68-45)71-46-42(38(64)35(61)27(18-54)70-46)73-43-39(65)33(59)25(57)19-67-43/h7,21,24-46,53-54,56-66H,8-20,22H2,1-6H3. The van der Waals surface area contributed by atoms with Crippen molar-refractivity contribution in [3.8, 4) is 0 Å². The van der Waals surface area contributed by atoms with Gasteiger partial charge in [0.2, 0.25) is 0 Å². The van der Waals surface area contributed by atoms with Crippen molar-refractivity contribution in [2.75, 3.05) is 33.0 Å². The predicted octanol–water partition coefficient (Wildman–Crippen LogP) is -2.13. The third-order valence-corrected chi connectivity index (χ3v) is 20.9. The van der Waals surface area contributed by atoms with E-state index in [9.17, 15) is 71.2 Å². The number of ether oxygens (including phenoxy) is 8. The van der Waals surface area contributed by atoms with Crippen LogP contribution in [0, 0.1) is 50.2 Å². The lowest BCUT2D eigenvalue weighted by molar-refractivity contribution is -0.392. The number of aliphatic hydroxyl groups excluding tert-OH is 13. The molecule has 28 unspecified atom stereocenters. The van der Waals surface area contributed by atoms with Crippen LogP contribution in [0.4, 0.5) is 0 Å². The Bertz CT molecular complexity index is 2010. The summed E-state index contributed by atoms with van der Waals surface area (Å²) >= 11 is 0. The Hall–Kier alpha value is -1.43. The van der Waals surface area contributed by atoms with Crippen LogP contribution in [-0.4, -0.2) is 229 Å². The molecule has 0 amide bonds. The van der Waals surface area contributed by atoms with Gasteiger partial charge < -0.3 is 109 Å². The fourth-order valence-corrected chi connectivity index (χ4v) is 16.1. The first-order valence-electron chi connectivity index (χ1n) is 26.8. The number of carbonyl (C=O) groups is 1. The molecule has 28 atom stereocenters. The summed E-state index contributed by atoms with van der Waals surface area (Å²) in [6.07, 6.45) is -21.9. The molecule has 0 bridgehead atoms. The van der Waals surface area contributed by atoms with Crippen molar-refractivity contribution in [1.82, 2.24) is 0 Å². The maximum Gasteiger partial charge on any atom is 0.187 e. The molecule has 9 aliphatic rings. The first kappa shape index (κ1) is 57.3. The molecule has 5 aliphatic carbocycles. The highest BCUT2D eigenvalue weighted by Crippen LogP contribution is 2.76. The van der Waals surface area contributed by atoms with Crippen LogP contribution in [0.5, 0.6) is 0 Å². The summed E-state index contributed by atoms with van der Waals surface area (Å²) in [6.45, 7) is 10.7. The number of hydrogen-bond acceptors (Lipinski definition) is 22. The van der Waals surface area contributed by atoms with Crippen molar-refractivity contribution in [2.24, 2.45) is 50.2 Å². The molecule has 0 radical (unpaired) electrons. The van der Waals surface area contributed by atoms with Crippen LogP contribution in [0.2, 0.25) is 0 Å². The third-order valence-electron chi connectivity index (χ3n) is 20.9. The number of hydrogen-bond donors (Lipinski definition) is 13. The lowest BCUT2D eigenvalue weighted by Gasteiger charge is -2.72. The second-order valence-electron chi connectivity index (χ2n) is 25.1. The molecule has 13 N–H and O–H groups in total. The zero-order chi connectivity index (χ0) is 53.8. The first-order chi connectivity index (χ1) is 34.8. The smallest absolute Gasteiger partial charge is 0.187 e. The van der Waals surface area contributed by atoms with Gasteiger partial charge in [-0.3, -0.25) is 0 Å². The second kappa shape index (κ2) is 20.9. The van der Waals surface area contributed by atoms with Crippen LogP contribution in [0.1, 0.15) is 99.3 Å². The Morgan fingerprint density at radius 1 is 0.608 bits per heavy atom. The van der Waals surface area contributed by atoms with E-state index in [1.54, 1.807) is 0 Å². The highest BCUT2D eigenvalue weighted by molar-refractivity contribution is 5.59. The first-order valence-corrected chi connectivity index (χ1v) is 26.8. The van der Waals surface area contributed by atoms with Crippen molar-refractivity contribution in [1.29, 1.82) is 0 Å². The van der Waals surface area contributed by atoms with Gasteiger partial charge in [0.05, 0.1) is 45.2 Å². The van der Waals surface area contributed by atoms with Gasteiger partial charge in [-0.05, 0) is 97.2 Å². The fraction of sp³-hybridized carbons (Fsp3) is 0.942. The maximum absolute atomic E-state index is 12.5. The van der Waals surface area contributed by atoms with Gasteiger partial charge in [0.15, 0.2) is 25.2 Å². The van der Waals surface area contributed by atoms with E-state index in [4.69, 9.17) is 37.9 Å². The van der Waals surface area contributed by atoms with Crippen molar-refractivity contribution in [3.05, 3.63) is 11.6 Å². The molecular weight excluding hydrogens is 977 g/mol. The minimum atomic E-state index is -1.90. The monoisotopic (exact) mass is 1060 g/mol. The van der Waals surface area contributed by atoms with E-state index in [-0.39, 0.29) is 35.2 Å². The minimum Gasteiger partial charge on any atom is -0.396 e. The van der Waals surface area contributed by atoms with E-state index >= 15 is 0 Å². The van der Waals surface area contributed by atoms with Crippen LogP contribution in [0.25, 0.3) is 0 Å². The van der Waals surface area contributed by atoms with E-state index < -0.39 is 171 Å².